The standard InChI is InChI=1S/C23H26N4O4S/c1-17-13-18-5-3-8-21(23(18)24-15-17)32(29,30)27-11-9-26(10-12-27)16-22(28)25-19-6-4-7-20(14-19)31-2/h3-8,13-15H,9-12,16H2,1-2H3,(H,25,28). The van der Waals surface area contributed by atoms with E-state index in [0.717, 1.165) is 10.9 Å². The number of ether oxygens (including phenoxy) is 1. The number of piperazine rings is 1. The van der Waals surface area contributed by atoms with Crippen molar-refractivity contribution in [3.8, 4) is 5.75 Å². The van der Waals surface area contributed by atoms with Gasteiger partial charge in [0.2, 0.25) is 15.9 Å². The number of aromatic nitrogens is 1. The van der Waals surface area contributed by atoms with Crippen molar-refractivity contribution in [3.63, 3.8) is 0 Å². The molecule has 168 valence electrons. The predicted octanol–water partition coefficient (Wildman–Crippen LogP) is 2.50. The van der Waals surface area contributed by atoms with Crippen LogP contribution in [0, 0.1) is 6.92 Å². The summed E-state index contributed by atoms with van der Waals surface area (Å²) in [5, 5.41) is 3.66. The summed E-state index contributed by atoms with van der Waals surface area (Å²) in [7, 11) is -2.11. The molecule has 1 aliphatic heterocycles. The molecule has 2 heterocycles. The molecule has 9 heteroatoms. The SMILES string of the molecule is COc1cccc(NC(=O)CN2CCN(S(=O)(=O)c3cccc4cc(C)cnc34)CC2)c1. The van der Waals surface area contributed by atoms with Crippen molar-refractivity contribution in [2.45, 2.75) is 11.8 Å². The van der Waals surface area contributed by atoms with Crippen molar-refractivity contribution >= 4 is 32.5 Å². The highest BCUT2D eigenvalue weighted by molar-refractivity contribution is 7.89. The lowest BCUT2D eigenvalue weighted by Gasteiger charge is -2.33. The number of pyridine rings is 1. The van der Waals surface area contributed by atoms with E-state index in [2.05, 4.69) is 10.3 Å². The van der Waals surface area contributed by atoms with Crippen LogP contribution in [0.15, 0.2) is 59.6 Å². The summed E-state index contributed by atoms with van der Waals surface area (Å²) in [5.74, 6) is 0.517. The van der Waals surface area contributed by atoms with E-state index in [9.17, 15) is 13.2 Å². The third-order valence-electron chi connectivity index (χ3n) is 5.48. The molecule has 0 aliphatic carbocycles. The number of aryl methyl sites for hydroxylation is 1. The van der Waals surface area contributed by atoms with Crippen LogP contribution in [0.1, 0.15) is 5.56 Å². The monoisotopic (exact) mass is 454 g/mol. The first kappa shape index (κ1) is 22.2. The van der Waals surface area contributed by atoms with Crippen LogP contribution in [0.4, 0.5) is 5.69 Å². The van der Waals surface area contributed by atoms with Gasteiger partial charge in [-0.15, -0.1) is 0 Å². The average Bonchev–Trinajstić information content (AvgIpc) is 2.78. The van der Waals surface area contributed by atoms with Gasteiger partial charge in [0, 0.05) is 49.5 Å². The number of nitrogens with one attached hydrogen (secondary N) is 1. The van der Waals surface area contributed by atoms with Gasteiger partial charge in [-0.1, -0.05) is 18.2 Å². The van der Waals surface area contributed by atoms with Gasteiger partial charge in [0.1, 0.15) is 10.6 Å². The highest BCUT2D eigenvalue weighted by Crippen LogP contribution is 2.25. The minimum absolute atomic E-state index is 0.150. The summed E-state index contributed by atoms with van der Waals surface area (Å²) in [6.45, 7) is 3.70. The number of hydrogen-bond acceptors (Lipinski definition) is 6. The zero-order chi connectivity index (χ0) is 22.7. The minimum Gasteiger partial charge on any atom is -0.497 e. The topological polar surface area (TPSA) is 91.8 Å². The first-order valence-corrected chi connectivity index (χ1v) is 11.8. The van der Waals surface area contributed by atoms with Gasteiger partial charge in [-0.05, 0) is 36.8 Å². The van der Waals surface area contributed by atoms with Crippen LogP contribution in [0.3, 0.4) is 0 Å². The summed E-state index contributed by atoms with van der Waals surface area (Å²) < 4.78 is 33.2. The summed E-state index contributed by atoms with van der Waals surface area (Å²) in [5.41, 5.74) is 2.13. The predicted molar refractivity (Wildman–Crippen MR) is 123 cm³/mol. The molecule has 4 rings (SSSR count). The number of para-hydroxylation sites is 1. The van der Waals surface area contributed by atoms with Gasteiger partial charge in [0.15, 0.2) is 0 Å². The summed E-state index contributed by atoms with van der Waals surface area (Å²) in [4.78, 5) is 19.0. The zero-order valence-corrected chi connectivity index (χ0v) is 18.9. The Bertz CT molecular complexity index is 1240. The van der Waals surface area contributed by atoms with Crippen molar-refractivity contribution < 1.29 is 17.9 Å². The number of carbonyl (C=O) groups excluding carboxylic acids is 1. The Balaban J connectivity index is 1.39. The fourth-order valence-corrected chi connectivity index (χ4v) is 5.41. The molecular weight excluding hydrogens is 428 g/mol. The first-order chi connectivity index (χ1) is 15.4. The van der Waals surface area contributed by atoms with E-state index in [1.807, 2.05) is 36.1 Å². The molecular formula is C23H26N4O4S. The Hall–Kier alpha value is -3.01. The summed E-state index contributed by atoms with van der Waals surface area (Å²) in [6.07, 6.45) is 1.68. The number of carbonyl (C=O) groups is 1. The smallest absolute Gasteiger partial charge is 0.245 e. The van der Waals surface area contributed by atoms with E-state index in [0.29, 0.717) is 43.1 Å². The third kappa shape index (κ3) is 4.74. The van der Waals surface area contributed by atoms with Gasteiger partial charge in [0.05, 0.1) is 19.2 Å². The molecule has 3 aromatic rings. The van der Waals surface area contributed by atoms with Crippen molar-refractivity contribution in [3.05, 3.63) is 60.3 Å². The Morgan fingerprint density at radius 3 is 2.59 bits per heavy atom. The second-order valence-electron chi connectivity index (χ2n) is 7.80. The fourth-order valence-electron chi connectivity index (χ4n) is 3.82. The number of hydrogen-bond donors (Lipinski definition) is 1. The highest BCUT2D eigenvalue weighted by Gasteiger charge is 2.30. The largest absolute Gasteiger partial charge is 0.497 e. The number of sulfonamides is 1. The minimum atomic E-state index is -3.68. The molecule has 0 unspecified atom stereocenters. The molecule has 1 aromatic heterocycles. The number of amides is 1. The number of methoxy groups -OCH3 is 1. The van der Waals surface area contributed by atoms with Crippen LogP contribution in [0.25, 0.3) is 10.9 Å². The van der Waals surface area contributed by atoms with Gasteiger partial charge < -0.3 is 10.1 Å². The van der Waals surface area contributed by atoms with Crippen LogP contribution >= 0.6 is 0 Å². The molecule has 0 radical (unpaired) electrons. The van der Waals surface area contributed by atoms with Crippen molar-refractivity contribution in [1.82, 2.24) is 14.2 Å². The van der Waals surface area contributed by atoms with E-state index in [1.165, 1.54) is 4.31 Å². The lowest BCUT2D eigenvalue weighted by atomic mass is 10.2. The van der Waals surface area contributed by atoms with Crippen LogP contribution in [0.2, 0.25) is 0 Å². The van der Waals surface area contributed by atoms with E-state index >= 15 is 0 Å². The molecule has 0 bridgehead atoms. The Morgan fingerprint density at radius 2 is 1.84 bits per heavy atom. The molecule has 0 atom stereocenters. The molecule has 1 aliphatic rings. The van der Waals surface area contributed by atoms with Crippen molar-refractivity contribution in [2.75, 3.05) is 45.2 Å². The van der Waals surface area contributed by atoms with Gasteiger partial charge >= 0.3 is 0 Å². The van der Waals surface area contributed by atoms with Gasteiger partial charge in [0.25, 0.3) is 0 Å². The van der Waals surface area contributed by atoms with E-state index < -0.39 is 10.0 Å². The molecule has 32 heavy (non-hydrogen) atoms. The maximum Gasteiger partial charge on any atom is 0.245 e. The van der Waals surface area contributed by atoms with Crippen molar-refractivity contribution in [2.24, 2.45) is 0 Å². The van der Waals surface area contributed by atoms with E-state index in [4.69, 9.17) is 4.74 Å². The Labute approximate surface area is 187 Å². The van der Waals surface area contributed by atoms with E-state index in [-0.39, 0.29) is 17.3 Å². The molecule has 1 amide bonds. The number of fused-ring (bicyclic) bond motifs is 1. The van der Waals surface area contributed by atoms with Gasteiger partial charge in [-0.3, -0.25) is 14.7 Å². The summed E-state index contributed by atoms with van der Waals surface area (Å²) >= 11 is 0. The number of benzene rings is 2. The third-order valence-corrected chi connectivity index (χ3v) is 7.41. The normalized spacial score (nSPS) is 15.6. The highest BCUT2D eigenvalue weighted by atomic mass is 32.2. The maximum absolute atomic E-state index is 13.3. The van der Waals surface area contributed by atoms with Gasteiger partial charge in [-0.2, -0.15) is 4.31 Å². The van der Waals surface area contributed by atoms with Crippen LogP contribution in [0.5, 0.6) is 5.75 Å². The zero-order valence-electron chi connectivity index (χ0n) is 18.1. The fraction of sp³-hybridized carbons (Fsp3) is 0.304. The first-order valence-electron chi connectivity index (χ1n) is 10.4. The molecule has 2 aromatic carbocycles. The Morgan fingerprint density at radius 1 is 1.09 bits per heavy atom. The second-order valence-corrected chi connectivity index (χ2v) is 9.71. The molecule has 0 spiro atoms. The van der Waals surface area contributed by atoms with Gasteiger partial charge in [-0.25, -0.2) is 8.42 Å². The lowest BCUT2D eigenvalue weighted by molar-refractivity contribution is -0.117. The molecule has 1 saturated heterocycles. The lowest BCUT2D eigenvalue weighted by Crippen LogP contribution is -2.50. The molecule has 1 fully saturated rings. The van der Waals surface area contributed by atoms with Crippen molar-refractivity contribution in [1.29, 1.82) is 0 Å². The number of anilines is 1. The van der Waals surface area contributed by atoms with Crippen LogP contribution in [-0.2, 0) is 14.8 Å². The molecule has 0 saturated carbocycles. The second kappa shape index (κ2) is 9.23. The number of nitrogens with zero attached hydrogens (tertiary/aromatic N) is 3. The summed E-state index contributed by atoms with van der Waals surface area (Å²) in [6, 6.07) is 14.3. The van der Waals surface area contributed by atoms with Crippen LogP contribution < -0.4 is 10.1 Å². The Kier molecular flexibility index (Phi) is 6.40. The molecule has 1 N–H and O–H groups in total. The quantitative estimate of drug-likeness (QED) is 0.615. The average molecular weight is 455 g/mol. The van der Waals surface area contributed by atoms with E-state index in [1.54, 1.807) is 37.6 Å². The van der Waals surface area contributed by atoms with Crippen LogP contribution in [-0.4, -0.2) is 68.3 Å². The molecule has 8 nitrogen and oxygen atoms in total. The maximum atomic E-state index is 13.3. The number of rotatable bonds is 6.